The van der Waals surface area contributed by atoms with E-state index in [0.717, 1.165) is 17.5 Å². The predicted molar refractivity (Wildman–Crippen MR) is 112 cm³/mol. The number of nitrogens with one attached hydrogen (secondary N) is 2. The molecule has 7 nitrogen and oxygen atoms in total. The highest BCUT2D eigenvalue weighted by Crippen LogP contribution is 2.30. The Morgan fingerprint density at radius 2 is 1.90 bits per heavy atom. The zero-order valence-electron chi connectivity index (χ0n) is 16.6. The average molecular weight is 406 g/mol. The van der Waals surface area contributed by atoms with Crippen LogP contribution < -0.4 is 25.1 Å². The van der Waals surface area contributed by atoms with E-state index in [1.54, 1.807) is 13.2 Å². The highest BCUT2D eigenvalue weighted by Gasteiger charge is 2.14. The minimum absolute atomic E-state index is 0.0518. The van der Waals surface area contributed by atoms with Crippen molar-refractivity contribution in [2.75, 3.05) is 20.3 Å². The molecule has 0 radical (unpaired) electrons. The van der Waals surface area contributed by atoms with Crippen molar-refractivity contribution in [2.24, 2.45) is 0 Å². The number of pyridine rings is 1. The van der Waals surface area contributed by atoms with E-state index in [9.17, 15) is 9.59 Å². The third-order valence-electron chi connectivity index (χ3n) is 4.80. The van der Waals surface area contributed by atoms with Crippen LogP contribution in [0.15, 0.2) is 59.4 Å². The van der Waals surface area contributed by atoms with E-state index in [0.29, 0.717) is 36.2 Å². The normalized spacial score (nSPS) is 12.7. The van der Waals surface area contributed by atoms with Crippen molar-refractivity contribution in [3.8, 4) is 28.5 Å². The standard InChI is InChI=1S/C23H22N2O5/c1-28-17-5-2-4-16(13-17)19-8-7-18(23(27)25-19)22(26)24-14-15-6-9-20-21(12-15)30-11-3-10-29-20/h2,4-9,12-13H,3,10-11,14H2,1H3,(H,24,26)(H,25,27). The Kier molecular flexibility index (Phi) is 5.70. The quantitative estimate of drug-likeness (QED) is 0.680. The highest BCUT2D eigenvalue weighted by molar-refractivity contribution is 5.94. The second-order valence-electron chi connectivity index (χ2n) is 6.86. The lowest BCUT2D eigenvalue weighted by Crippen LogP contribution is -2.29. The van der Waals surface area contributed by atoms with Crippen LogP contribution in [0, 0.1) is 0 Å². The van der Waals surface area contributed by atoms with Gasteiger partial charge in [-0.15, -0.1) is 0 Å². The molecule has 1 aromatic heterocycles. The Bertz CT molecular complexity index is 1120. The van der Waals surface area contributed by atoms with E-state index in [-0.39, 0.29) is 12.1 Å². The van der Waals surface area contributed by atoms with Crippen molar-refractivity contribution >= 4 is 5.91 Å². The summed E-state index contributed by atoms with van der Waals surface area (Å²) in [6, 6.07) is 16.1. The highest BCUT2D eigenvalue weighted by atomic mass is 16.5. The Morgan fingerprint density at radius 3 is 2.70 bits per heavy atom. The van der Waals surface area contributed by atoms with E-state index < -0.39 is 11.5 Å². The van der Waals surface area contributed by atoms with Gasteiger partial charge in [0.25, 0.3) is 11.5 Å². The lowest BCUT2D eigenvalue weighted by atomic mass is 10.1. The Labute approximate surface area is 173 Å². The second-order valence-corrected chi connectivity index (χ2v) is 6.86. The SMILES string of the molecule is COc1cccc(-c2ccc(C(=O)NCc3ccc4c(c3)OCCCO4)c(=O)[nH]2)c1. The van der Waals surface area contributed by atoms with Crippen LogP contribution >= 0.6 is 0 Å². The molecule has 0 atom stereocenters. The summed E-state index contributed by atoms with van der Waals surface area (Å²) in [4.78, 5) is 27.8. The zero-order valence-corrected chi connectivity index (χ0v) is 16.6. The fourth-order valence-electron chi connectivity index (χ4n) is 3.21. The lowest BCUT2D eigenvalue weighted by molar-refractivity contribution is 0.0949. The number of hydrogen-bond acceptors (Lipinski definition) is 5. The van der Waals surface area contributed by atoms with Crippen LogP contribution in [0.4, 0.5) is 0 Å². The molecule has 0 saturated carbocycles. The van der Waals surface area contributed by atoms with Crippen LogP contribution in [-0.2, 0) is 6.54 Å². The van der Waals surface area contributed by atoms with E-state index in [1.165, 1.54) is 6.07 Å². The number of aromatic amines is 1. The molecule has 3 aromatic rings. The predicted octanol–water partition coefficient (Wildman–Crippen LogP) is 3.14. The zero-order chi connectivity index (χ0) is 20.9. The molecule has 0 aliphatic carbocycles. The molecule has 1 amide bonds. The molecular formula is C23H22N2O5. The number of benzene rings is 2. The monoisotopic (exact) mass is 406 g/mol. The van der Waals surface area contributed by atoms with Crippen molar-refractivity contribution in [3.63, 3.8) is 0 Å². The van der Waals surface area contributed by atoms with E-state index in [4.69, 9.17) is 14.2 Å². The van der Waals surface area contributed by atoms with Crippen molar-refractivity contribution < 1.29 is 19.0 Å². The largest absolute Gasteiger partial charge is 0.497 e. The summed E-state index contributed by atoms with van der Waals surface area (Å²) in [6.07, 6.45) is 0.829. The van der Waals surface area contributed by atoms with Gasteiger partial charge >= 0.3 is 0 Å². The molecule has 4 rings (SSSR count). The molecule has 0 unspecified atom stereocenters. The van der Waals surface area contributed by atoms with Crippen molar-refractivity contribution in [1.29, 1.82) is 0 Å². The van der Waals surface area contributed by atoms with Crippen molar-refractivity contribution in [2.45, 2.75) is 13.0 Å². The minimum atomic E-state index is -0.452. The number of aromatic nitrogens is 1. The number of ether oxygens (including phenoxy) is 3. The molecule has 0 bridgehead atoms. The summed E-state index contributed by atoms with van der Waals surface area (Å²) in [7, 11) is 1.58. The van der Waals surface area contributed by atoms with E-state index >= 15 is 0 Å². The van der Waals surface area contributed by atoms with Gasteiger partial charge in [0.05, 0.1) is 20.3 Å². The van der Waals surface area contributed by atoms with Crippen LogP contribution in [0.5, 0.6) is 17.2 Å². The molecule has 1 aliphatic heterocycles. The van der Waals surface area contributed by atoms with Crippen molar-refractivity contribution in [3.05, 3.63) is 76.1 Å². The average Bonchev–Trinajstić information content (AvgIpc) is 3.02. The van der Waals surface area contributed by atoms with Gasteiger partial charge < -0.3 is 24.5 Å². The van der Waals surface area contributed by atoms with Crippen LogP contribution in [0.1, 0.15) is 22.3 Å². The first-order valence-corrected chi connectivity index (χ1v) is 9.68. The van der Waals surface area contributed by atoms with Crippen LogP contribution in [0.2, 0.25) is 0 Å². The minimum Gasteiger partial charge on any atom is -0.497 e. The van der Waals surface area contributed by atoms with Gasteiger partial charge in [-0.3, -0.25) is 9.59 Å². The molecule has 7 heteroatoms. The molecular weight excluding hydrogens is 384 g/mol. The summed E-state index contributed by atoms with van der Waals surface area (Å²) in [5, 5.41) is 2.78. The fourth-order valence-corrected chi connectivity index (χ4v) is 3.21. The molecule has 2 aromatic carbocycles. The summed E-state index contributed by atoms with van der Waals surface area (Å²) < 4.78 is 16.5. The van der Waals surface area contributed by atoms with Gasteiger partial charge in [-0.1, -0.05) is 18.2 Å². The number of rotatable bonds is 5. The third-order valence-corrected chi connectivity index (χ3v) is 4.80. The Morgan fingerprint density at radius 1 is 1.07 bits per heavy atom. The molecule has 30 heavy (non-hydrogen) atoms. The second kappa shape index (κ2) is 8.73. The third kappa shape index (κ3) is 4.30. The van der Waals surface area contributed by atoms with E-state index in [2.05, 4.69) is 10.3 Å². The lowest BCUT2D eigenvalue weighted by Gasteiger charge is -2.10. The number of carbonyl (C=O) groups excluding carboxylic acids is 1. The van der Waals surface area contributed by atoms with Gasteiger partial charge in [0.1, 0.15) is 11.3 Å². The first-order valence-electron chi connectivity index (χ1n) is 9.68. The van der Waals surface area contributed by atoms with Gasteiger partial charge in [0.15, 0.2) is 11.5 Å². The number of methoxy groups -OCH3 is 1. The number of H-pyrrole nitrogens is 1. The number of carbonyl (C=O) groups is 1. The molecule has 0 saturated heterocycles. The molecule has 154 valence electrons. The Hall–Kier alpha value is -3.74. The maximum Gasteiger partial charge on any atom is 0.261 e. The number of hydrogen-bond donors (Lipinski definition) is 2. The topological polar surface area (TPSA) is 89.7 Å². The van der Waals surface area contributed by atoms with Gasteiger partial charge in [-0.05, 0) is 42.0 Å². The van der Waals surface area contributed by atoms with Gasteiger partial charge in [-0.25, -0.2) is 0 Å². The summed E-state index contributed by atoms with van der Waals surface area (Å²) >= 11 is 0. The molecule has 2 N–H and O–H groups in total. The summed E-state index contributed by atoms with van der Waals surface area (Å²) in [6.45, 7) is 1.49. The first-order chi connectivity index (χ1) is 14.6. The van der Waals surface area contributed by atoms with Crippen molar-refractivity contribution in [1.82, 2.24) is 10.3 Å². The van der Waals surface area contributed by atoms with Gasteiger partial charge in [0, 0.05) is 24.2 Å². The summed E-state index contributed by atoms with van der Waals surface area (Å²) in [5.41, 5.74) is 1.86. The smallest absolute Gasteiger partial charge is 0.261 e. The van der Waals surface area contributed by atoms with Crippen LogP contribution in [-0.4, -0.2) is 31.2 Å². The maximum atomic E-state index is 12.5. The first kappa shape index (κ1) is 19.6. The van der Waals surface area contributed by atoms with Gasteiger partial charge in [0.2, 0.25) is 0 Å². The maximum absolute atomic E-state index is 12.5. The van der Waals surface area contributed by atoms with E-state index in [1.807, 2.05) is 42.5 Å². The van der Waals surface area contributed by atoms with Crippen LogP contribution in [0.25, 0.3) is 11.3 Å². The van der Waals surface area contributed by atoms with Crippen LogP contribution in [0.3, 0.4) is 0 Å². The molecule has 0 fully saturated rings. The Balaban J connectivity index is 1.46. The number of fused-ring (bicyclic) bond motifs is 1. The molecule has 0 spiro atoms. The fraction of sp³-hybridized carbons (Fsp3) is 0.217. The number of amides is 1. The molecule has 2 heterocycles. The summed E-state index contributed by atoms with van der Waals surface area (Å²) in [5.74, 6) is 1.61. The molecule has 1 aliphatic rings. The van der Waals surface area contributed by atoms with Gasteiger partial charge in [-0.2, -0.15) is 0 Å².